The fraction of sp³-hybridized carbons (Fsp3) is 0.526. The van der Waals surface area contributed by atoms with Gasteiger partial charge in [0.15, 0.2) is 11.7 Å². The van der Waals surface area contributed by atoms with E-state index in [9.17, 15) is 24.5 Å². The number of rotatable bonds is 7. The van der Waals surface area contributed by atoms with Crippen molar-refractivity contribution in [3.8, 4) is 0 Å². The predicted octanol–water partition coefficient (Wildman–Crippen LogP) is 2.13. The third-order valence-corrected chi connectivity index (χ3v) is 5.12. The third-order valence-electron chi connectivity index (χ3n) is 5.12. The van der Waals surface area contributed by atoms with E-state index in [0.29, 0.717) is 12.5 Å². The zero-order valence-corrected chi connectivity index (χ0v) is 16.1. The van der Waals surface area contributed by atoms with Gasteiger partial charge in [-0.2, -0.15) is 0 Å². The Bertz CT molecular complexity index is 972. The van der Waals surface area contributed by atoms with Gasteiger partial charge in [-0.15, -0.1) is 0 Å². The number of benzene rings is 1. The largest absolute Gasteiger partial charge is 0.451 e. The molecule has 10 heteroatoms. The second-order valence-corrected chi connectivity index (χ2v) is 7.24. The lowest BCUT2D eigenvalue weighted by Crippen LogP contribution is -2.39. The highest BCUT2D eigenvalue weighted by molar-refractivity contribution is 5.84. The van der Waals surface area contributed by atoms with E-state index in [-0.39, 0.29) is 22.7 Å². The zero-order valence-electron chi connectivity index (χ0n) is 16.1. The molecule has 1 aliphatic rings. The Balaban J connectivity index is 1.58. The molecule has 1 unspecified atom stereocenters. The number of hydrogen-bond donors (Lipinski definition) is 1. The van der Waals surface area contributed by atoms with Gasteiger partial charge >= 0.3 is 11.7 Å². The minimum absolute atomic E-state index is 0.00438. The maximum atomic E-state index is 12.2. The van der Waals surface area contributed by atoms with Crippen molar-refractivity contribution in [3.63, 3.8) is 0 Å². The molecule has 1 saturated carbocycles. The Morgan fingerprint density at radius 2 is 2.07 bits per heavy atom. The molecule has 0 radical (unpaired) electrons. The van der Waals surface area contributed by atoms with Crippen molar-refractivity contribution in [2.45, 2.75) is 51.7 Å². The molecule has 1 amide bonds. The number of nitrogens with zero attached hydrogens (tertiary/aromatic N) is 2. The highest BCUT2D eigenvalue weighted by atomic mass is 16.6. The summed E-state index contributed by atoms with van der Waals surface area (Å²) in [5.41, 5.74) is -0.00791. The molecule has 1 N–H and O–H groups in total. The average Bonchev–Trinajstić information content (AvgIpc) is 3.01. The maximum absolute atomic E-state index is 12.2. The Labute approximate surface area is 166 Å². The van der Waals surface area contributed by atoms with Crippen molar-refractivity contribution in [3.05, 3.63) is 38.9 Å². The fourth-order valence-electron chi connectivity index (χ4n) is 3.52. The van der Waals surface area contributed by atoms with E-state index in [2.05, 4.69) is 5.32 Å². The molecule has 0 saturated heterocycles. The molecule has 1 atom stereocenters. The number of aromatic nitrogens is 1. The zero-order chi connectivity index (χ0) is 21.0. The number of ether oxygens (including phenoxy) is 1. The van der Waals surface area contributed by atoms with Crippen molar-refractivity contribution < 1.29 is 23.7 Å². The lowest BCUT2D eigenvalue weighted by Gasteiger charge is -2.22. The highest BCUT2D eigenvalue weighted by Crippen LogP contribution is 2.23. The number of non-ortho nitro benzene ring substituents is 1. The number of amides is 1. The van der Waals surface area contributed by atoms with E-state index in [1.54, 1.807) is 0 Å². The summed E-state index contributed by atoms with van der Waals surface area (Å²) >= 11 is 0. The lowest BCUT2D eigenvalue weighted by atomic mass is 9.89. The van der Waals surface area contributed by atoms with Crippen LogP contribution in [-0.4, -0.2) is 34.0 Å². The normalized spacial score (nSPS) is 15.8. The molecule has 29 heavy (non-hydrogen) atoms. The van der Waals surface area contributed by atoms with Crippen LogP contribution in [0.4, 0.5) is 5.69 Å². The van der Waals surface area contributed by atoms with E-state index < -0.39 is 29.3 Å². The molecule has 1 heterocycles. The third kappa shape index (κ3) is 5.01. The minimum Gasteiger partial charge on any atom is -0.451 e. The Kier molecular flexibility index (Phi) is 6.30. The Morgan fingerprint density at radius 3 is 2.76 bits per heavy atom. The van der Waals surface area contributed by atoms with Gasteiger partial charge in [0.05, 0.1) is 16.5 Å². The van der Waals surface area contributed by atoms with Gasteiger partial charge in [0.25, 0.3) is 11.6 Å². The second kappa shape index (κ2) is 8.89. The van der Waals surface area contributed by atoms with Gasteiger partial charge in [0, 0.05) is 12.6 Å². The molecule has 1 fully saturated rings. The first-order valence-corrected chi connectivity index (χ1v) is 9.60. The van der Waals surface area contributed by atoms with Gasteiger partial charge in [-0.05, 0) is 31.7 Å². The van der Waals surface area contributed by atoms with Crippen LogP contribution in [0.15, 0.2) is 27.4 Å². The number of carbonyl (C=O) groups is 2. The second-order valence-electron chi connectivity index (χ2n) is 7.24. The molecular weight excluding hydrogens is 382 g/mol. The minimum atomic E-state index is -0.999. The number of nitrogens with one attached hydrogen (secondary N) is 1. The molecule has 1 aromatic carbocycles. The number of nitro benzene ring substituents is 1. The number of nitro groups is 1. The summed E-state index contributed by atoms with van der Waals surface area (Å²) in [4.78, 5) is 46.6. The molecule has 0 spiro atoms. The number of fused-ring (bicyclic) bond motifs is 1. The average molecular weight is 405 g/mol. The van der Waals surface area contributed by atoms with Crippen LogP contribution < -0.4 is 11.1 Å². The topological polar surface area (TPSA) is 134 Å². The summed E-state index contributed by atoms with van der Waals surface area (Å²) in [6.45, 7) is 1.56. The van der Waals surface area contributed by atoms with Crippen LogP contribution >= 0.6 is 0 Å². The van der Waals surface area contributed by atoms with Gasteiger partial charge in [0.1, 0.15) is 6.54 Å². The van der Waals surface area contributed by atoms with E-state index in [4.69, 9.17) is 9.15 Å². The molecule has 156 valence electrons. The van der Waals surface area contributed by atoms with Crippen LogP contribution in [0.5, 0.6) is 0 Å². The Morgan fingerprint density at radius 1 is 1.34 bits per heavy atom. The lowest BCUT2D eigenvalue weighted by molar-refractivity contribution is -0.384. The van der Waals surface area contributed by atoms with Crippen LogP contribution in [-0.2, 0) is 20.9 Å². The quantitative estimate of drug-likeness (QED) is 0.424. The van der Waals surface area contributed by atoms with Gasteiger partial charge in [-0.1, -0.05) is 19.3 Å². The SMILES string of the molecule is CC(OC(=O)Cn1c(=O)oc2cc([N+](=O)[O-])ccc21)C(=O)NCC1CCCCC1. The smallest absolute Gasteiger partial charge is 0.420 e. The number of oxazole rings is 1. The van der Waals surface area contributed by atoms with Crippen LogP contribution in [0.1, 0.15) is 39.0 Å². The Hall–Kier alpha value is -3.17. The molecule has 0 aliphatic heterocycles. The predicted molar refractivity (Wildman–Crippen MR) is 102 cm³/mol. The number of carbonyl (C=O) groups excluding carboxylic acids is 2. The number of hydrogen-bond acceptors (Lipinski definition) is 7. The molecule has 2 aromatic rings. The van der Waals surface area contributed by atoms with Crippen LogP contribution in [0, 0.1) is 16.0 Å². The molecule has 1 aliphatic carbocycles. The standard InChI is InChI=1S/C19H23N3O7/c1-12(18(24)20-10-13-5-3-2-4-6-13)28-17(23)11-21-15-8-7-14(22(26)27)9-16(15)29-19(21)25/h7-9,12-13H,2-6,10-11H2,1H3,(H,20,24). The van der Waals surface area contributed by atoms with Crippen molar-refractivity contribution in [1.82, 2.24) is 9.88 Å². The maximum Gasteiger partial charge on any atom is 0.420 e. The molecule has 3 rings (SSSR count). The van der Waals surface area contributed by atoms with Crippen molar-refractivity contribution in [2.24, 2.45) is 5.92 Å². The first-order valence-electron chi connectivity index (χ1n) is 9.60. The van der Waals surface area contributed by atoms with E-state index in [1.165, 1.54) is 38.3 Å². The summed E-state index contributed by atoms with van der Waals surface area (Å²) in [7, 11) is 0. The molecular formula is C19H23N3O7. The van der Waals surface area contributed by atoms with Gasteiger partial charge in [-0.25, -0.2) is 4.79 Å². The first-order chi connectivity index (χ1) is 13.8. The van der Waals surface area contributed by atoms with E-state index in [0.717, 1.165) is 23.5 Å². The van der Waals surface area contributed by atoms with Crippen molar-refractivity contribution in [2.75, 3.05) is 6.54 Å². The van der Waals surface area contributed by atoms with E-state index >= 15 is 0 Å². The van der Waals surface area contributed by atoms with Gasteiger partial charge < -0.3 is 14.5 Å². The van der Waals surface area contributed by atoms with Crippen LogP contribution in [0.3, 0.4) is 0 Å². The summed E-state index contributed by atoms with van der Waals surface area (Å²) in [6, 6.07) is 3.65. The highest BCUT2D eigenvalue weighted by Gasteiger charge is 2.22. The van der Waals surface area contributed by atoms with Crippen LogP contribution in [0.25, 0.3) is 11.1 Å². The molecule has 10 nitrogen and oxygen atoms in total. The first kappa shape index (κ1) is 20.6. The van der Waals surface area contributed by atoms with Gasteiger partial charge in [0.2, 0.25) is 0 Å². The molecule has 0 bridgehead atoms. The van der Waals surface area contributed by atoms with Gasteiger partial charge in [-0.3, -0.25) is 24.3 Å². The summed E-state index contributed by atoms with van der Waals surface area (Å²) in [6.07, 6.45) is 4.74. The number of esters is 1. The van der Waals surface area contributed by atoms with E-state index in [1.807, 2.05) is 0 Å². The van der Waals surface area contributed by atoms with Crippen LogP contribution in [0.2, 0.25) is 0 Å². The summed E-state index contributed by atoms with van der Waals surface area (Å²) in [5, 5.41) is 13.6. The summed E-state index contributed by atoms with van der Waals surface area (Å²) < 4.78 is 11.1. The monoisotopic (exact) mass is 405 g/mol. The molecule has 1 aromatic heterocycles. The van der Waals surface area contributed by atoms with Crippen molar-refractivity contribution >= 4 is 28.7 Å². The van der Waals surface area contributed by atoms with Crippen molar-refractivity contribution in [1.29, 1.82) is 0 Å². The fourth-order valence-corrected chi connectivity index (χ4v) is 3.52. The summed E-state index contributed by atoms with van der Waals surface area (Å²) in [5.74, 6) is -1.56.